The molecule has 2 aromatic rings. The summed E-state index contributed by atoms with van der Waals surface area (Å²) in [6, 6.07) is 11.8. The maximum Gasteiger partial charge on any atom is 0.317 e. The van der Waals surface area contributed by atoms with Crippen LogP contribution in [0.2, 0.25) is 0 Å². The normalized spacial score (nSPS) is 18.8. The first-order valence-electron chi connectivity index (χ1n) is 8.02. The number of amides is 2. The van der Waals surface area contributed by atoms with Crippen molar-refractivity contribution in [3.05, 3.63) is 58.3 Å². The highest BCUT2D eigenvalue weighted by Gasteiger charge is 2.30. The molecule has 0 radical (unpaired) electrons. The first-order chi connectivity index (χ1) is 11.2. The molecule has 1 aromatic heterocycles. The van der Waals surface area contributed by atoms with Gasteiger partial charge in [-0.2, -0.15) is 11.3 Å². The Morgan fingerprint density at radius 2 is 2.17 bits per heavy atom. The van der Waals surface area contributed by atoms with Crippen LogP contribution in [0.25, 0.3) is 0 Å². The molecule has 2 heterocycles. The summed E-state index contributed by atoms with van der Waals surface area (Å²) in [5, 5.41) is 17.4. The largest absolute Gasteiger partial charge is 0.388 e. The van der Waals surface area contributed by atoms with Crippen molar-refractivity contribution >= 4 is 17.4 Å². The highest BCUT2D eigenvalue weighted by Crippen LogP contribution is 2.27. The molecular formula is C18H22N2O2S. The fraction of sp³-hybridized carbons (Fsp3) is 0.389. The van der Waals surface area contributed by atoms with Gasteiger partial charge >= 0.3 is 6.03 Å². The predicted molar refractivity (Wildman–Crippen MR) is 92.3 cm³/mol. The van der Waals surface area contributed by atoms with Gasteiger partial charge in [0.2, 0.25) is 0 Å². The van der Waals surface area contributed by atoms with E-state index in [1.54, 1.807) is 11.3 Å². The summed E-state index contributed by atoms with van der Waals surface area (Å²) < 4.78 is 0. The maximum absolute atomic E-state index is 12.4. The highest BCUT2D eigenvalue weighted by atomic mass is 32.1. The molecule has 1 fully saturated rings. The molecule has 1 aromatic carbocycles. The molecule has 3 rings (SSSR count). The molecule has 0 bridgehead atoms. The first kappa shape index (κ1) is 16.0. The number of aliphatic hydroxyl groups is 1. The molecule has 0 aliphatic carbocycles. The molecule has 2 amide bonds. The third-order valence-corrected chi connectivity index (χ3v) is 5.07. The zero-order valence-corrected chi connectivity index (χ0v) is 13.8. The van der Waals surface area contributed by atoms with E-state index in [1.807, 2.05) is 52.1 Å². The molecule has 0 spiro atoms. The lowest BCUT2D eigenvalue weighted by Gasteiger charge is -2.27. The lowest BCUT2D eigenvalue weighted by Crippen LogP contribution is -2.43. The SMILES string of the molecule is O=C(NCc1ccsc1)N1CCC[C@H]1C[C@H](O)c1ccccc1. The number of thiophene rings is 1. The van der Waals surface area contributed by atoms with Crippen LogP contribution in [0.4, 0.5) is 4.79 Å². The molecular weight excluding hydrogens is 308 g/mol. The van der Waals surface area contributed by atoms with Gasteiger partial charge in [-0.25, -0.2) is 4.79 Å². The first-order valence-corrected chi connectivity index (χ1v) is 8.97. The van der Waals surface area contributed by atoms with Crippen LogP contribution in [0.15, 0.2) is 47.2 Å². The van der Waals surface area contributed by atoms with E-state index in [4.69, 9.17) is 0 Å². The third kappa shape index (κ3) is 4.12. The second kappa shape index (κ2) is 7.62. The quantitative estimate of drug-likeness (QED) is 0.881. The van der Waals surface area contributed by atoms with Gasteiger partial charge in [0.05, 0.1) is 6.10 Å². The zero-order chi connectivity index (χ0) is 16.1. The van der Waals surface area contributed by atoms with Crippen molar-refractivity contribution in [1.82, 2.24) is 10.2 Å². The van der Waals surface area contributed by atoms with Crippen LogP contribution in [0.5, 0.6) is 0 Å². The van der Waals surface area contributed by atoms with Gasteiger partial charge in [-0.3, -0.25) is 0 Å². The van der Waals surface area contributed by atoms with Crippen LogP contribution in [-0.2, 0) is 6.54 Å². The van der Waals surface area contributed by atoms with E-state index in [1.165, 1.54) is 0 Å². The van der Waals surface area contributed by atoms with E-state index in [9.17, 15) is 9.90 Å². The monoisotopic (exact) mass is 330 g/mol. The molecule has 122 valence electrons. The van der Waals surface area contributed by atoms with Gasteiger partial charge in [-0.15, -0.1) is 0 Å². The molecule has 0 unspecified atom stereocenters. The van der Waals surface area contributed by atoms with Crippen molar-refractivity contribution < 1.29 is 9.90 Å². The maximum atomic E-state index is 12.4. The summed E-state index contributed by atoms with van der Waals surface area (Å²) in [5.74, 6) is 0. The average Bonchev–Trinajstić information content (AvgIpc) is 3.25. The van der Waals surface area contributed by atoms with Crippen LogP contribution in [0.3, 0.4) is 0 Å². The summed E-state index contributed by atoms with van der Waals surface area (Å²) in [6.45, 7) is 1.33. The van der Waals surface area contributed by atoms with Gasteiger partial charge < -0.3 is 15.3 Å². The van der Waals surface area contributed by atoms with Crippen LogP contribution >= 0.6 is 11.3 Å². The number of hydrogen-bond acceptors (Lipinski definition) is 3. The number of nitrogens with zero attached hydrogens (tertiary/aromatic N) is 1. The Morgan fingerprint density at radius 3 is 2.91 bits per heavy atom. The molecule has 4 nitrogen and oxygen atoms in total. The van der Waals surface area contributed by atoms with Gasteiger partial charge in [0.25, 0.3) is 0 Å². The van der Waals surface area contributed by atoms with Gasteiger partial charge in [-0.05, 0) is 47.2 Å². The van der Waals surface area contributed by atoms with Crippen molar-refractivity contribution in [2.75, 3.05) is 6.54 Å². The number of carbonyl (C=O) groups is 1. The molecule has 5 heteroatoms. The van der Waals surface area contributed by atoms with E-state index in [0.29, 0.717) is 13.0 Å². The number of hydrogen-bond donors (Lipinski definition) is 2. The van der Waals surface area contributed by atoms with Crippen molar-refractivity contribution in [2.24, 2.45) is 0 Å². The van der Waals surface area contributed by atoms with E-state index in [2.05, 4.69) is 5.32 Å². The fourth-order valence-electron chi connectivity index (χ4n) is 3.09. The average molecular weight is 330 g/mol. The molecule has 2 atom stereocenters. The molecule has 2 N–H and O–H groups in total. The van der Waals surface area contributed by atoms with E-state index in [-0.39, 0.29) is 12.1 Å². The van der Waals surface area contributed by atoms with Gasteiger partial charge in [0, 0.05) is 19.1 Å². The Morgan fingerprint density at radius 1 is 1.35 bits per heavy atom. The Kier molecular flexibility index (Phi) is 5.31. The smallest absolute Gasteiger partial charge is 0.317 e. The van der Waals surface area contributed by atoms with Gasteiger partial charge in [0.15, 0.2) is 0 Å². The molecule has 23 heavy (non-hydrogen) atoms. The van der Waals surface area contributed by atoms with Crippen molar-refractivity contribution in [3.8, 4) is 0 Å². The Labute approximate surface area is 140 Å². The number of aliphatic hydroxyl groups excluding tert-OH is 1. The lowest BCUT2D eigenvalue weighted by atomic mass is 10.0. The van der Waals surface area contributed by atoms with Gasteiger partial charge in [-0.1, -0.05) is 30.3 Å². The van der Waals surface area contributed by atoms with Crippen molar-refractivity contribution in [1.29, 1.82) is 0 Å². The summed E-state index contributed by atoms with van der Waals surface area (Å²) in [6.07, 6.45) is 2.02. The fourth-order valence-corrected chi connectivity index (χ4v) is 3.76. The predicted octanol–water partition coefficient (Wildman–Crippen LogP) is 3.55. The molecule has 1 aliphatic heterocycles. The third-order valence-electron chi connectivity index (χ3n) is 4.34. The molecule has 1 aliphatic rings. The number of nitrogens with one attached hydrogen (secondary N) is 1. The zero-order valence-electron chi connectivity index (χ0n) is 13.0. The molecule has 0 saturated carbocycles. The Bertz CT molecular complexity index is 615. The number of urea groups is 1. The minimum Gasteiger partial charge on any atom is -0.388 e. The number of benzene rings is 1. The summed E-state index contributed by atoms with van der Waals surface area (Å²) in [5.41, 5.74) is 2.04. The minimum atomic E-state index is -0.522. The second-order valence-electron chi connectivity index (χ2n) is 5.94. The van der Waals surface area contributed by atoms with Crippen LogP contribution in [-0.4, -0.2) is 28.6 Å². The van der Waals surface area contributed by atoms with Crippen LogP contribution in [0, 0.1) is 0 Å². The number of carbonyl (C=O) groups excluding carboxylic acids is 1. The molecule has 1 saturated heterocycles. The summed E-state index contributed by atoms with van der Waals surface area (Å²) in [7, 11) is 0. The number of rotatable bonds is 5. The van der Waals surface area contributed by atoms with Crippen LogP contribution < -0.4 is 5.32 Å². The standard InChI is InChI=1S/C18H22N2O2S/c21-17(15-5-2-1-3-6-15)11-16-7-4-9-20(16)18(22)19-12-14-8-10-23-13-14/h1-3,5-6,8,10,13,16-17,21H,4,7,9,11-12H2,(H,19,22)/t16-,17-/m0/s1. The summed E-state index contributed by atoms with van der Waals surface area (Å²) in [4.78, 5) is 14.3. The van der Waals surface area contributed by atoms with E-state index < -0.39 is 6.10 Å². The Hall–Kier alpha value is -1.85. The van der Waals surface area contributed by atoms with Crippen molar-refractivity contribution in [3.63, 3.8) is 0 Å². The summed E-state index contributed by atoms with van der Waals surface area (Å²) >= 11 is 1.63. The van der Waals surface area contributed by atoms with E-state index >= 15 is 0 Å². The van der Waals surface area contributed by atoms with Crippen molar-refractivity contribution in [2.45, 2.75) is 38.0 Å². The minimum absolute atomic E-state index is 0.0287. The topological polar surface area (TPSA) is 52.6 Å². The lowest BCUT2D eigenvalue weighted by molar-refractivity contribution is 0.126. The number of likely N-dealkylation sites (tertiary alicyclic amines) is 1. The highest BCUT2D eigenvalue weighted by molar-refractivity contribution is 7.07. The second-order valence-corrected chi connectivity index (χ2v) is 6.72. The van der Waals surface area contributed by atoms with Gasteiger partial charge in [0.1, 0.15) is 0 Å². The Balaban J connectivity index is 1.55. The van der Waals surface area contributed by atoms with E-state index in [0.717, 1.165) is 30.5 Å². The van der Waals surface area contributed by atoms with Crippen LogP contribution in [0.1, 0.15) is 36.5 Å².